The van der Waals surface area contributed by atoms with Gasteiger partial charge in [0.25, 0.3) is 0 Å². The van der Waals surface area contributed by atoms with E-state index in [0.29, 0.717) is 0 Å². The molecule has 0 atom stereocenters. The van der Waals surface area contributed by atoms with Gasteiger partial charge in [-0.25, -0.2) is 0 Å². The van der Waals surface area contributed by atoms with Crippen LogP contribution in [0.15, 0.2) is 30.5 Å². The normalized spacial score (nSPS) is 10.8. The summed E-state index contributed by atoms with van der Waals surface area (Å²) in [6, 6.07) is 8.67. The summed E-state index contributed by atoms with van der Waals surface area (Å²) in [5, 5.41) is 1.34. The minimum atomic E-state index is 0.928. The summed E-state index contributed by atoms with van der Waals surface area (Å²) in [4.78, 5) is 3.29. The zero-order valence-electron chi connectivity index (χ0n) is 7.01. The van der Waals surface area contributed by atoms with E-state index in [-0.39, 0.29) is 0 Å². The minimum absolute atomic E-state index is 0.928. The van der Waals surface area contributed by atoms with Crippen molar-refractivity contribution in [2.45, 2.75) is 10.4 Å². The van der Waals surface area contributed by atoms with E-state index >= 15 is 0 Å². The Balaban J connectivity index is 2.57. The van der Waals surface area contributed by atoms with Crippen molar-refractivity contribution >= 4 is 10.9 Å². The summed E-state index contributed by atoms with van der Waals surface area (Å²) in [7, 11) is 0. The van der Waals surface area contributed by atoms with Crippen LogP contribution in [-0.4, -0.2) is 4.98 Å². The Kier molecular flexibility index (Phi) is 2.49. The third-order valence-electron chi connectivity index (χ3n) is 2.12. The van der Waals surface area contributed by atoms with Gasteiger partial charge >= 0.3 is 88.4 Å². The Morgan fingerprint density at radius 1 is 1.25 bits per heavy atom. The van der Waals surface area contributed by atoms with Crippen LogP contribution in [0.3, 0.4) is 0 Å². The van der Waals surface area contributed by atoms with Crippen LogP contribution in [0.1, 0.15) is 5.56 Å². The maximum atomic E-state index is 3.29. The van der Waals surface area contributed by atoms with Gasteiger partial charge in [0.1, 0.15) is 0 Å². The number of para-hydroxylation sites is 1. The van der Waals surface area contributed by atoms with E-state index in [0.717, 1.165) is 26.1 Å². The van der Waals surface area contributed by atoms with E-state index in [9.17, 15) is 0 Å². The molecule has 0 bridgehead atoms. The molecular weight excluding hydrogens is 335 g/mol. The number of nitrogens with one attached hydrogen (secondary N) is 1. The molecule has 0 aliphatic rings. The molecule has 2 aromatic rings. The average Bonchev–Trinajstić information content (AvgIpc) is 2.53. The summed E-state index contributed by atoms with van der Waals surface area (Å²) < 4.78 is 1.40. The standard InChI is InChI=1S/C10H10N.Hg/c1-2-8-4-3-5-9-6-7-11-10(8)9;/h3-7,11H,1-2H2;. The van der Waals surface area contributed by atoms with Crippen LogP contribution in [0.2, 0.25) is 3.93 Å². The van der Waals surface area contributed by atoms with Crippen LogP contribution in [0, 0.1) is 0 Å². The van der Waals surface area contributed by atoms with Crippen molar-refractivity contribution in [2.75, 3.05) is 0 Å². The molecule has 1 heterocycles. The number of hydrogen-bond donors (Lipinski definition) is 1. The number of benzene rings is 1. The molecule has 12 heavy (non-hydrogen) atoms. The average molecular weight is 345 g/mol. The number of fused-ring (bicyclic) bond motifs is 1. The molecule has 0 aliphatic carbocycles. The van der Waals surface area contributed by atoms with Gasteiger partial charge in [-0.2, -0.15) is 0 Å². The van der Waals surface area contributed by atoms with Crippen molar-refractivity contribution in [1.29, 1.82) is 0 Å². The van der Waals surface area contributed by atoms with Crippen molar-refractivity contribution in [2.24, 2.45) is 0 Å². The number of rotatable bonds is 2. The van der Waals surface area contributed by atoms with Gasteiger partial charge in [0, 0.05) is 0 Å². The fourth-order valence-electron chi connectivity index (χ4n) is 1.55. The van der Waals surface area contributed by atoms with Gasteiger partial charge in [0.15, 0.2) is 0 Å². The first-order valence-electron chi connectivity index (χ1n) is 4.26. The van der Waals surface area contributed by atoms with Crippen LogP contribution in [0.5, 0.6) is 0 Å². The van der Waals surface area contributed by atoms with E-state index < -0.39 is 0 Å². The predicted octanol–water partition coefficient (Wildman–Crippen LogP) is 2.68. The summed E-state index contributed by atoms with van der Waals surface area (Å²) >= 11 is 0.928. The molecule has 0 aliphatic heterocycles. The molecule has 1 aromatic carbocycles. The molecule has 0 fully saturated rings. The van der Waals surface area contributed by atoms with Crippen LogP contribution in [-0.2, 0) is 32.5 Å². The molecular formula is C10H10HgN. The van der Waals surface area contributed by atoms with Crippen molar-refractivity contribution in [1.82, 2.24) is 4.98 Å². The van der Waals surface area contributed by atoms with Gasteiger partial charge in [-0.3, -0.25) is 0 Å². The SMILES string of the molecule is [Hg][CH2]Cc1cccc2cc[nH]c12. The van der Waals surface area contributed by atoms with Gasteiger partial charge in [-0.15, -0.1) is 0 Å². The molecule has 57 valence electrons. The molecule has 0 saturated carbocycles. The molecule has 1 N–H and O–H groups in total. The predicted molar refractivity (Wildman–Crippen MR) is 46.8 cm³/mol. The van der Waals surface area contributed by atoms with Crippen LogP contribution in [0.4, 0.5) is 0 Å². The Hall–Kier alpha value is -0.305. The fourth-order valence-corrected chi connectivity index (χ4v) is 3.03. The zero-order chi connectivity index (χ0) is 8.39. The van der Waals surface area contributed by atoms with Crippen LogP contribution < -0.4 is 0 Å². The van der Waals surface area contributed by atoms with Gasteiger partial charge < -0.3 is 0 Å². The number of aryl methyl sites for hydroxylation is 1. The summed E-state index contributed by atoms with van der Waals surface area (Å²) in [6.45, 7) is 0. The Morgan fingerprint density at radius 2 is 2.17 bits per heavy atom. The molecule has 0 radical (unpaired) electrons. The molecule has 0 spiro atoms. The molecule has 1 aromatic heterocycles. The number of hydrogen-bond acceptors (Lipinski definition) is 0. The number of H-pyrrole nitrogens is 1. The molecule has 0 saturated heterocycles. The second kappa shape index (κ2) is 3.61. The maximum absolute atomic E-state index is 3.29. The molecule has 2 rings (SSSR count). The second-order valence-electron chi connectivity index (χ2n) is 2.96. The monoisotopic (exact) mass is 346 g/mol. The summed E-state index contributed by atoms with van der Waals surface area (Å²) in [5.74, 6) is 0. The van der Waals surface area contributed by atoms with Crippen molar-refractivity contribution in [3.05, 3.63) is 36.0 Å². The first kappa shape index (κ1) is 8.30. The third kappa shape index (κ3) is 1.42. The summed E-state index contributed by atoms with van der Waals surface area (Å²) in [5.41, 5.74) is 2.82. The first-order valence-corrected chi connectivity index (χ1v) is 8.15. The van der Waals surface area contributed by atoms with E-state index in [4.69, 9.17) is 0 Å². The first-order chi connectivity index (χ1) is 5.92. The van der Waals surface area contributed by atoms with Gasteiger partial charge in [0.2, 0.25) is 0 Å². The number of aromatic amines is 1. The molecule has 0 amide bonds. The Morgan fingerprint density at radius 3 is 3.00 bits per heavy atom. The zero-order valence-corrected chi connectivity index (χ0v) is 12.5. The second-order valence-corrected chi connectivity index (χ2v) is 5.71. The quantitative estimate of drug-likeness (QED) is 0.806. The van der Waals surface area contributed by atoms with E-state index in [1.165, 1.54) is 26.8 Å². The third-order valence-corrected chi connectivity index (χ3v) is 3.49. The van der Waals surface area contributed by atoms with Gasteiger partial charge in [-0.05, 0) is 0 Å². The van der Waals surface area contributed by atoms with Gasteiger partial charge in [0.05, 0.1) is 0 Å². The molecule has 1 nitrogen and oxygen atoms in total. The Labute approximate surface area is 88.1 Å². The van der Waals surface area contributed by atoms with Crippen LogP contribution in [0.25, 0.3) is 10.9 Å². The van der Waals surface area contributed by atoms with E-state index in [1.807, 2.05) is 6.20 Å². The van der Waals surface area contributed by atoms with E-state index in [2.05, 4.69) is 29.2 Å². The molecule has 0 unspecified atom stereocenters. The van der Waals surface area contributed by atoms with E-state index in [1.54, 1.807) is 0 Å². The fraction of sp³-hybridized carbons (Fsp3) is 0.200. The van der Waals surface area contributed by atoms with Gasteiger partial charge in [-0.1, -0.05) is 0 Å². The topological polar surface area (TPSA) is 15.8 Å². The number of aromatic nitrogens is 1. The van der Waals surface area contributed by atoms with Crippen molar-refractivity contribution in [3.8, 4) is 0 Å². The van der Waals surface area contributed by atoms with Crippen molar-refractivity contribution < 1.29 is 26.1 Å². The van der Waals surface area contributed by atoms with Crippen molar-refractivity contribution in [3.63, 3.8) is 0 Å². The molecule has 2 heteroatoms. The summed E-state index contributed by atoms with van der Waals surface area (Å²) in [6.07, 6.45) is 3.27. The van der Waals surface area contributed by atoms with Crippen LogP contribution >= 0.6 is 0 Å². The Bertz CT molecular complexity index is 378.